The lowest BCUT2D eigenvalue weighted by Gasteiger charge is -2.23. The van der Waals surface area contributed by atoms with Gasteiger partial charge in [-0.05, 0) is 66.9 Å². The average Bonchev–Trinajstić information content (AvgIpc) is 3.62. The maximum atomic E-state index is 13.5. The van der Waals surface area contributed by atoms with Crippen LogP contribution in [0.2, 0.25) is 0 Å². The topological polar surface area (TPSA) is 192 Å². The Morgan fingerprint density at radius 3 is 2.36 bits per heavy atom. The van der Waals surface area contributed by atoms with Gasteiger partial charge in [0, 0.05) is 61.0 Å². The molecule has 16 heteroatoms. The molecular weight excluding hydrogens is 763 g/mol. The van der Waals surface area contributed by atoms with Crippen molar-refractivity contribution in [1.82, 2.24) is 19.9 Å². The molecule has 15 nitrogen and oxygen atoms in total. The van der Waals surface area contributed by atoms with Crippen LogP contribution >= 0.6 is 0 Å². The number of rotatable bonds is 14. The molecule has 0 bridgehead atoms. The monoisotopic (exact) mass is 811 g/mol. The molecule has 5 aromatic rings. The Labute approximate surface area is 338 Å². The van der Waals surface area contributed by atoms with E-state index in [9.17, 15) is 23.1 Å². The second-order valence-corrected chi connectivity index (χ2v) is 16.6. The number of aliphatic hydroxyl groups excluding tert-OH is 1. The summed E-state index contributed by atoms with van der Waals surface area (Å²) >= 11 is 0. The first-order valence-electron chi connectivity index (χ1n) is 18.7. The summed E-state index contributed by atoms with van der Waals surface area (Å²) in [6.07, 6.45) is 2.04. The van der Waals surface area contributed by atoms with Crippen molar-refractivity contribution in [3.63, 3.8) is 0 Å². The van der Waals surface area contributed by atoms with E-state index in [0.29, 0.717) is 70.6 Å². The van der Waals surface area contributed by atoms with Crippen molar-refractivity contribution in [3.05, 3.63) is 96.2 Å². The van der Waals surface area contributed by atoms with Gasteiger partial charge in [-0.15, -0.1) is 0 Å². The van der Waals surface area contributed by atoms with Gasteiger partial charge in [0.15, 0.2) is 5.75 Å². The number of ether oxygens (including phenoxy) is 3. The number of aliphatic hydroxyl groups is 1. The Balaban J connectivity index is 1.16. The number of aromatic nitrogens is 1. The molecule has 1 atom stereocenters. The second-order valence-electron chi connectivity index (χ2n) is 14.8. The van der Waals surface area contributed by atoms with Gasteiger partial charge >= 0.3 is 6.03 Å². The molecule has 6 N–H and O–H groups in total. The fraction of sp³-hybridized carbons (Fsp3) is 0.310. The zero-order chi connectivity index (χ0) is 41.6. The van der Waals surface area contributed by atoms with E-state index in [4.69, 9.17) is 14.2 Å². The summed E-state index contributed by atoms with van der Waals surface area (Å²) in [6, 6.07) is 22.2. The van der Waals surface area contributed by atoms with Crippen LogP contribution in [-0.4, -0.2) is 88.9 Å². The Hall–Kier alpha value is -5.94. The maximum Gasteiger partial charge on any atom is 0.323 e. The quantitative estimate of drug-likeness (QED) is 0.0724. The highest BCUT2D eigenvalue weighted by molar-refractivity contribution is 7.89. The maximum absolute atomic E-state index is 13.5. The molecule has 1 aliphatic rings. The number of fused-ring (bicyclic) bond motifs is 1. The highest BCUT2D eigenvalue weighted by Gasteiger charge is 2.27. The molecule has 58 heavy (non-hydrogen) atoms. The van der Waals surface area contributed by atoms with E-state index in [1.54, 1.807) is 60.8 Å². The molecule has 306 valence electrons. The molecule has 1 saturated heterocycles. The number of likely N-dealkylation sites (tertiary alicyclic amines) is 1. The van der Waals surface area contributed by atoms with Crippen LogP contribution < -0.4 is 40.2 Å². The number of methoxy groups -OCH3 is 2. The fourth-order valence-electron chi connectivity index (χ4n) is 6.61. The number of sulfonamides is 1. The molecule has 3 amide bonds. The summed E-state index contributed by atoms with van der Waals surface area (Å²) in [5.74, 6) is 1.65. The minimum absolute atomic E-state index is 0.00263. The zero-order valence-electron chi connectivity index (χ0n) is 33.3. The van der Waals surface area contributed by atoms with Crippen LogP contribution in [-0.2, 0) is 15.4 Å². The first-order chi connectivity index (χ1) is 27.7. The Morgan fingerprint density at radius 1 is 0.914 bits per heavy atom. The first-order valence-corrected chi connectivity index (χ1v) is 20.2. The molecular formula is C42H49N7O8S. The van der Waals surface area contributed by atoms with Gasteiger partial charge < -0.3 is 40.6 Å². The van der Waals surface area contributed by atoms with Gasteiger partial charge in [0.2, 0.25) is 10.0 Å². The van der Waals surface area contributed by atoms with Crippen molar-refractivity contribution in [3.8, 4) is 23.0 Å². The van der Waals surface area contributed by atoms with E-state index in [1.807, 2.05) is 45.0 Å². The molecule has 6 rings (SSSR count). The van der Waals surface area contributed by atoms with Crippen molar-refractivity contribution in [2.24, 2.45) is 0 Å². The lowest BCUT2D eigenvalue weighted by atomic mass is 9.86. The van der Waals surface area contributed by atoms with Crippen LogP contribution in [0.3, 0.4) is 0 Å². The normalized spacial score (nSPS) is 14.5. The number of hydrogen-bond acceptors (Lipinski definition) is 11. The second kappa shape index (κ2) is 17.7. The summed E-state index contributed by atoms with van der Waals surface area (Å²) in [6.45, 7) is 8.36. The molecule has 2 heterocycles. The summed E-state index contributed by atoms with van der Waals surface area (Å²) in [7, 11) is 0.241. The number of hydrogen-bond donors (Lipinski definition) is 6. The third kappa shape index (κ3) is 9.77. The zero-order valence-corrected chi connectivity index (χ0v) is 34.1. The molecule has 0 saturated carbocycles. The van der Waals surface area contributed by atoms with Crippen molar-refractivity contribution in [2.45, 2.75) is 43.6 Å². The number of benzene rings is 4. The van der Waals surface area contributed by atoms with Gasteiger partial charge in [-0.25, -0.2) is 22.9 Å². The Kier molecular flexibility index (Phi) is 12.7. The molecule has 4 aromatic carbocycles. The van der Waals surface area contributed by atoms with Gasteiger partial charge in [0.25, 0.3) is 5.91 Å². The summed E-state index contributed by atoms with van der Waals surface area (Å²) in [5.41, 5.74) is 1.97. The van der Waals surface area contributed by atoms with Gasteiger partial charge in [0.05, 0.1) is 37.3 Å². The van der Waals surface area contributed by atoms with Gasteiger partial charge in [0.1, 0.15) is 28.0 Å². The summed E-state index contributed by atoms with van der Waals surface area (Å²) in [4.78, 5) is 32.9. The first kappa shape index (κ1) is 41.7. The third-order valence-corrected chi connectivity index (χ3v) is 11.1. The smallest absolute Gasteiger partial charge is 0.323 e. The van der Waals surface area contributed by atoms with E-state index >= 15 is 0 Å². The fourth-order valence-corrected chi connectivity index (χ4v) is 7.55. The number of nitrogens with one attached hydrogen (secondary N) is 5. The van der Waals surface area contributed by atoms with Crippen LogP contribution in [0.15, 0.2) is 90.0 Å². The number of β-amino-alcohol motifs (C(OH)–C–C–N with tert-alkyl or cyclic N) is 1. The van der Waals surface area contributed by atoms with E-state index in [0.717, 1.165) is 18.4 Å². The standard InChI is InChI=1S/C42H49N7O8S/c1-42(2,3)26-21-34(39(56-6)37(22-26)58(53,54)43-4)48-41(52)47-33-13-14-35(31-10-8-7-9-30(31)33)57-29-15-17-44-38(24-29)46-27-11-12-32(36(23-27)55-5)40(51)45-18-20-49-19-16-28(50)25-49/h7-15,17,21-24,28,43,50H,16,18-20,25H2,1-6H3,(H,44,46)(H,45,51)(H2,47,48,52)/t28-/m1/s1. The van der Waals surface area contributed by atoms with E-state index < -0.39 is 21.5 Å². The number of amides is 3. The van der Waals surface area contributed by atoms with Crippen molar-refractivity contribution >= 4 is 55.6 Å². The predicted octanol–water partition coefficient (Wildman–Crippen LogP) is 6.43. The molecule has 0 spiro atoms. The van der Waals surface area contributed by atoms with E-state index in [2.05, 4.69) is 35.9 Å². The van der Waals surface area contributed by atoms with Crippen LogP contribution in [0.1, 0.15) is 43.1 Å². The van der Waals surface area contributed by atoms with Gasteiger partial charge in [-0.2, -0.15) is 0 Å². The highest BCUT2D eigenvalue weighted by atomic mass is 32.2. The van der Waals surface area contributed by atoms with Crippen LogP contribution in [0.4, 0.5) is 27.7 Å². The minimum atomic E-state index is -3.93. The lowest BCUT2D eigenvalue weighted by Crippen LogP contribution is -2.34. The summed E-state index contributed by atoms with van der Waals surface area (Å²) < 4.78 is 45.6. The average molecular weight is 812 g/mol. The molecule has 1 aliphatic heterocycles. The third-order valence-electron chi connectivity index (χ3n) is 9.70. The van der Waals surface area contributed by atoms with E-state index in [1.165, 1.54) is 21.3 Å². The molecule has 1 aromatic heterocycles. The molecule has 0 aliphatic carbocycles. The SMILES string of the molecule is CNS(=O)(=O)c1cc(C(C)(C)C)cc(NC(=O)Nc2ccc(Oc3ccnc(Nc4ccc(C(=O)NCCN5CC[C@@H](O)C5)c(OC)c4)c3)c3ccccc23)c1OC. The lowest BCUT2D eigenvalue weighted by molar-refractivity contribution is 0.0946. The minimum Gasteiger partial charge on any atom is -0.496 e. The largest absolute Gasteiger partial charge is 0.496 e. The number of anilines is 4. The van der Waals surface area contributed by atoms with E-state index in [-0.39, 0.29) is 28.3 Å². The summed E-state index contributed by atoms with van der Waals surface area (Å²) in [5, 5.41) is 23.0. The number of nitrogens with zero attached hydrogens (tertiary/aromatic N) is 2. The molecule has 0 radical (unpaired) electrons. The number of pyridine rings is 1. The van der Waals surface area contributed by atoms with Crippen molar-refractivity contribution < 1.29 is 37.3 Å². The van der Waals surface area contributed by atoms with Crippen LogP contribution in [0.25, 0.3) is 10.8 Å². The highest BCUT2D eigenvalue weighted by Crippen LogP contribution is 2.39. The number of carbonyl (C=O) groups excluding carboxylic acids is 2. The number of carbonyl (C=O) groups is 2. The Bertz CT molecular complexity index is 2420. The number of urea groups is 1. The van der Waals surface area contributed by atoms with Gasteiger partial charge in [-0.1, -0.05) is 45.0 Å². The van der Waals surface area contributed by atoms with Crippen LogP contribution in [0, 0.1) is 0 Å². The Morgan fingerprint density at radius 2 is 1.67 bits per heavy atom. The van der Waals surface area contributed by atoms with Crippen molar-refractivity contribution in [2.75, 3.05) is 63.4 Å². The van der Waals surface area contributed by atoms with Crippen molar-refractivity contribution in [1.29, 1.82) is 0 Å². The molecule has 0 unspecified atom stereocenters. The van der Waals surface area contributed by atoms with Gasteiger partial charge in [-0.3, -0.25) is 9.69 Å². The molecule has 1 fully saturated rings. The van der Waals surface area contributed by atoms with Crippen LogP contribution in [0.5, 0.6) is 23.0 Å². The predicted molar refractivity (Wildman–Crippen MR) is 225 cm³/mol.